The Hall–Kier alpha value is -0.900. The Kier molecular flexibility index (Phi) is 1.87. The maximum atomic E-state index is 4.06. The van der Waals surface area contributed by atoms with Gasteiger partial charge in [-0.1, -0.05) is 0 Å². The fraction of sp³-hybridized carbons (Fsp3) is 0.778. The first-order valence-electron chi connectivity index (χ1n) is 4.69. The molecule has 1 aliphatic rings. The second kappa shape index (κ2) is 2.80. The Morgan fingerprint density at radius 1 is 1.38 bits per heavy atom. The van der Waals surface area contributed by atoms with E-state index in [1.165, 1.54) is 0 Å². The Bertz CT molecular complexity index is 297. The van der Waals surface area contributed by atoms with Crippen molar-refractivity contribution in [2.75, 3.05) is 6.54 Å². The molecule has 1 aromatic rings. The number of hydrogen-bond acceptors (Lipinski definition) is 3. The summed E-state index contributed by atoms with van der Waals surface area (Å²) in [4.78, 5) is 2.43. The molecule has 0 bridgehead atoms. The molecule has 0 N–H and O–H groups in total. The van der Waals surface area contributed by atoms with E-state index in [-0.39, 0.29) is 5.54 Å². The minimum absolute atomic E-state index is 0.238. The first-order chi connectivity index (χ1) is 6.07. The predicted molar refractivity (Wildman–Crippen MR) is 50.2 cm³/mol. The van der Waals surface area contributed by atoms with Crippen LogP contribution in [-0.4, -0.2) is 31.7 Å². The molecule has 13 heavy (non-hydrogen) atoms. The smallest absolute Gasteiger partial charge is 0.135 e. The van der Waals surface area contributed by atoms with Crippen LogP contribution in [0.2, 0.25) is 0 Å². The summed E-state index contributed by atoms with van der Waals surface area (Å²) in [5.41, 5.74) is 0.238. The van der Waals surface area contributed by atoms with Crippen molar-refractivity contribution in [3.05, 3.63) is 12.2 Å². The summed E-state index contributed by atoms with van der Waals surface area (Å²) in [5, 5.41) is 7.97. The lowest BCUT2D eigenvalue weighted by molar-refractivity contribution is 0.0818. The Morgan fingerprint density at radius 3 is 2.85 bits per heavy atom. The van der Waals surface area contributed by atoms with Crippen molar-refractivity contribution in [1.29, 1.82) is 0 Å². The second-order valence-corrected chi connectivity index (χ2v) is 4.54. The molecule has 0 saturated heterocycles. The highest BCUT2D eigenvalue weighted by Gasteiger charge is 2.25. The minimum Gasteiger partial charge on any atom is -0.304 e. The minimum atomic E-state index is 0.238. The topological polar surface area (TPSA) is 34.0 Å². The van der Waals surface area contributed by atoms with Crippen molar-refractivity contribution in [2.45, 2.75) is 39.4 Å². The molecule has 72 valence electrons. The van der Waals surface area contributed by atoms with Crippen LogP contribution < -0.4 is 0 Å². The van der Waals surface area contributed by atoms with E-state index in [2.05, 4.69) is 40.4 Å². The molecular formula is C9H16N4. The molecule has 0 amide bonds. The van der Waals surface area contributed by atoms with Gasteiger partial charge in [0.25, 0.3) is 0 Å². The van der Waals surface area contributed by atoms with Crippen LogP contribution >= 0.6 is 0 Å². The SMILES string of the molecule is CC(C)(C)N1CCc2nncn2C1. The van der Waals surface area contributed by atoms with Crippen LogP contribution in [0.4, 0.5) is 0 Å². The summed E-state index contributed by atoms with van der Waals surface area (Å²) in [5.74, 6) is 1.11. The zero-order valence-electron chi connectivity index (χ0n) is 8.49. The van der Waals surface area contributed by atoms with Gasteiger partial charge in [-0.25, -0.2) is 0 Å². The van der Waals surface area contributed by atoms with E-state index < -0.39 is 0 Å². The van der Waals surface area contributed by atoms with Gasteiger partial charge >= 0.3 is 0 Å². The summed E-state index contributed by atoms with van der Waals surface area (Å²) in [6.07, 6.45) is 2.82. The molecule has 0 atom stereocenters. The molecule has 4 heteroatoms. The van der Waals surface area contributed by atoms with Gasteiger partial charge in [-0.05, 0) is 20.8 Å². The highest BCUT2D eigenvalue weighted by Crippen LogP contribution is 2.18. The first-order valence-corrected chi connectivity index (χ1v) is 4.69. The Balaban J connectivity index is 2.18. The average Bonchev–Trinajstić information content (AvgIpc) is 2.47. The van der Waals surface area contributed by atoms with E-state index in [9.17, 15) is 0 Å². The molecular weight excluding hydrogens is 164 g/mol. The van der Waals surface area contributed by atoms with Crippen molar-refractivity contribution < 1.29 is 0 Å². The molecule has 1 aliphatic heterocycles. The molecule has 2 rings (SSSR count). The van der Waals surface area contributed by atoms with E-state index in [1.54, 1.807) is 0 Å². The van der Waals surface area contributed by atoms with Gasteiger partial charge < -0.3 is 4.57 Å². The Labute approximate surface area is 78.6 Å². The van der Waals surface area contributed by atoms with Crippen LogP contribution in [0.1, 0.15) is 26.6 Å². The zero-order chi connectivity index (χ0) is 9.47. The van der Waals surface area contributed by atoms with Crippen LogP contribution in [-0.2, 0) is 13.1 Å². The monoisotopic (exact) mass is 180 g/mol. The standard InChI is InChI=1S/C9H16N4/c1-9(2,3)13-5-4-8-11-10-6-12(8)7-13/h6H,4-5,7H2,1-3H3. The van der Waals surface area contributed by atoms with Gasteiger partial charge in [0.1, 0.15) is 12.2 Å². The van der Waals surface area contributed by atoms with Gasteiger partial charge in [-0.2, -0.15) is 0 Å². The second-order valence-electron chi connectivity index (χ2n) is 4.54. The molecule has 0 radical (unpaired) electrons. The van der Waals surface area contributed by atoms with Crippen LogP contribution in [0, 0.1) is 0 Å². The molecule has 0 fully saturated rings. The number of nitrogens with zero attached hydrogens (tertiary/aromatic N) is 4. The lowest BCUT2D eigenvalue weighted by Crippen LogP contribution is -2.46. The van der Waals surface area contributed by atoms with Crippen LogP contribution in [0.15, 0.2) is 6.33 Å². The summed E-state index contributed by atoms with van der Waals surface area (Å²) in [7, 11) is 0. The summed E-state index contributed by atoms with van der Waals surface area (Å²) in [6.45, 7) is 8.72. The molecule has 1 aromatic heterocycles. The molecule has 2 heterocycles. The van der Waals surface area contributed by atoms with Gasteiger partial charge in [-0.15, -0.1) is 10.2 Å². The Morgan fingerprint density at radius 2 is 2.15 bits per heavy atom. The van der Waals surface area contributed by atoms with E-state index in [0.717, 1.165) is 25.5 Å². The third-order valence-electron chi connectivity index (χ3n) is 2.57. The third kappa shape index (κ3) is 1.58. The number of rotatable bonds is 0. The quantitative estimate of drug-likeness (QED) is 0.594. The molecule has 4 nitrogen and oxygen atoms in total. The molecule has 0 unspecified atom stereocenters. The summed E-state index contributed by atoms with van der Waals surface area (Å²) < 4.78 is 2.12. The maximum absolute atomic E-state index is 4.06. The zero-order valence-corrected chi connectivity index (χ0v) is 8.49. The van der Waals surface area contributed by atoms with Gasteiger partial charge in [0.2, 0.25) is 0 Å². The molecule has 0 spiro atoms. The highest BCUT2D eigenvalue weighted by molar-refractivity contribution is 4.92. The van der Waals surface area contributed by atoms with E-state index in [0.29, 0.717) is 0 Å². The van der Waals surface area contributed by atoms with Crippen molar-refractivity contribution in [3.63, 3.8) is 0 Å². The average molecular weight is 180 g/mol. The summed E-state index contributed by atoms with van der Waals surface area (Å²) >= 11 is 0. The van der Waals surface area contributed by atoms with Gasteiger partial charge in [0.15, 0.2) is 0 Å². The van der Waals surface area contributed by atoms with Gasteiger partial charge in [-0.3, -0.25) is 4.90 Å². The fourth-order valence-electron chi connectivity index (χ4n) is 1.63. The van der Waals surface area contributed by atoms with Gasteiger partial charge in [0.05, 0.1) is 6.67 Å². The van der Waals surface area contributed by atoms with E-state index in [4.69, 9.17) is 0 Å². The predicted octanol–water partition coefficient (Wildman–Crippen LogP) is 0.892. The van der Waals surface area contributed by atoms with Crippen LogP contribution in [0.5, 0.6) is 0 Å². The van der Waals surface area contributed by atoms with Crippen LogP contribution in [0.25, 0.3) is 0 Å². The lowest BCUT2D eigenvalue weighted by atomic mass is 10.1. The molecule has 0 aliphatic carbocycles. The van der Waals surface area contributed by atoms with Gasteiger partial charge in [0, 0.05) is 18.5 Å². The molecule has 0 saturated carbocycles. The largest absolute Gasteiger partial charge is 0.304 e. The normalized spacial score (nSPS) is 18.7. The number of fused-ring (bicyclic) bond motifs is 1. The van der Waals surface area contributed by atoms with E-state index >= 15 is 0 Å². The first kappa shape index (κ1) is 8.69. The van der Waals surface area contributed by atoms with Crippen molar-refractivity contribution in [2.24, 2.45) is 0 Å². The van der Waals surface area contributed by atoms with Crippen LogP contribution in [0.3, 0.4) is 0 Å². The van der Waals surface area contributed by atoms with Crippen molar-refractivity contribution in [1.82, 2.24) is 19.7 Å². The van der Waals surface area contributed by atoms with E-state index in [1.807, 2.05) is 6.33 Å². The lowest BCUT2D eigenvalue weighted by Gasteiger charge is -2.38. The third-order valence-corrected chi connectivity index (χ3v) is 2.57. The van der Waals surface area contributed by atoms with Crippen molar-refractivity contribution in [3.8, 4) is 0 Å². The maximum Gasteiger partial charge on any atom is 0.135 e. The number of hydrogen-bond donors (Lipinski definition) is 0. The van der Waals surface area contributed by atoms with Crippen molar-refractivity contribution >= 4 is 0 Å². The highest BCUT2D eigenvalue weighted by atomic mass is 15.4. The summed E-state index contributed by atoms with van der Waals surface area (Å²) in [6, 6.07) is 0. The number of aromatic nitrogens is 3. The molecule has 0 aromatic carbocycles. The fourth-order valence-corrected chi connectivity index (χ4v) is 1.63.